The van der Waals surface area contributed by atoms with Crippen molar-refractivity contribution in [2.24, 2.45) is 0 Å². The number of hydrogen-bond acceptors (Lipinski definition) is 7. The van der Waals surface area contributed by atoms with E-state index in [0.29, 0.717) is 17.5 Å². The van der Waals surface area contributed by atoms with Crippen LogP contribution in [0, 0.1) is 13.8 Å². The SMILES string of the molecule is Cc1ncc2c(c1-c1noc(-c3ccco3)n1)CCN(Cc1nc[nH]c1C)C2. The summed E-state index contributed by atoms with van der Waals surface area (Å²) in [6.07, 6.45) is 6.21. The van der Waals surface area contributed by atoms with Gasteiger partial charge in [0.1, 0.15) is 0 Å². The average molecular weight is 376 g/mol. The van der Waals surface area contributed by atoms with Crippen LogP contribution in [0.3, 0.4) is 0 Å². The van der Waals surface area contributed by atoms with Gasteiger partial charge in [-0.25, -0.2) is 4.98 Å². The first-order valence-corrected chi connectivity index (χ1v) is 9.25. The van der Waals surface area contributed by atoms with Crippen molar-refractivity contribution >= 4 is 0 Å². The third kappa shape index (κ3) is 2.91. The number of hydrogen-bond donors (Lipinski definition) is 1. The molecule has 28 heavy (non-hydrogen) atoms. The fourth-order valence-corrected chi connectivity index (χ4v) is 3.72. The minimum atomic E-state index is 0.378. The van der Waals surface area contributed by atoms with Gasteiger partial charge < -0.3 is 13.9 Å². The van der Waals surface area contributed by atoms with Crippen LogP contribution in [0.5, 0.6) is 0 Å². The highest BCUT2D eigenvalue weighted by atomic mass is 16.5. The lowest BCUT2D eigenvalue weighted by atomic mass is 9.94. The molecule has 0 saturated heterocycles. The summed E-state index contributed by atoms with van der Waals surface area (Å²) in [5, 5.41) is 4.19. The van der Waals surface area contributed by atoms with Crippen LogP contribution in [-0.2, 0) is 19.5 Å². The maximum Gasteiger partial charge on any atom is 0.293 e. The highest BCUT2D eigenvalue weighted by Gasteiger charge is 2.25. The van der Waals surface area contributed by atoms with Crippen LogP contribution < -0.4 is 0 Å². The van der Waals surface area contributed by atoms with Crippen LogP contribution in [0.25, 0.3) is 23.0 Å². The molecule has 5 rings (SSSR count). The van der Waals surface area contributed by atoms with E-state index < -0.39 is 0 Å². The first-order chi connectivity index (χ1) is 13.7. The summed E-state index contributed by atoms with van der Waals surface area (Å²) in [5.74, 6) is 1.50. The maximum absolute atomic E-state index is 5.41. The molecule has 8 heteroatoms. The molecule has 1 aliphatic heterocycles. The summed E-state index contributed by atoms with van der Waals surface area (Å²) in [4.78, 5) is 19.1. The van der Waals surface area contributed by atoms with Gasteiger partial charge >= 0.3 is 0 Å². The molecule has 142 valence electrons. The van der Waals surface area contributed by atoms with Crippen LogP contribution in [-0.4, -0.2) is 36.5 Å². The zero-order valence-electron chi connectivity index (χ0n) is 15.8. The average Bonchev–Trinajstić information content (AvgIpc) is 3.44. The fourth-order valence-electron chi connectivity index (χ4n) is 3.72. The van der Waals surface area contributed by atoms with Crippen molar-refractivity contribution in [3.63, 3.8) is 0 Å². The lowest BCUT2D eigenvalue weighted by Gasteiger charge is -2.29. The molecule has 8 nitrogen and oxygen atoms in total. The predicted molar refractivity (Wildman–Crippen MR) is 101 cm³/mol. The zero-order valence-corrected chi connectivity index (χ0v) is 15.8. The van der Waals surface area contributed by atoms with E-state index in [4.69, 9.17) is 8.94 Å². The highest BCUT2D eigenvalue weighted by molar-refractivity contribution is 5.66. The number of fused-ring (bicyclic) bond motifs is 1. The number of H-pyrrole nitrogens is 1. The lowest BCUT2D eigenvalue weighted by molar-refractivity contribution is 0.242. The molecule has 0 radical (unpaired) electrons. The normalized spacial score (nSPS) is 14.4. The number of rotatable bonds is 4. The molecule has 0 aliphatic carbocycles. The molecule has 0 amide bonds. The number of nitrogens with zero attached hydrogens (tertiary/aromatic N) is 5. The Bertz CT molecular complexity index is 1110. The van der Waals surface area contributed by atoms with Crippen molar-refractivity contribution in [1.82, 2.24) is 30.0 Å². The first kappa shape index (κ1) is 16.9. The molecule has 1 N–H and O–H groups in total. The first-order valence-electron chi connectivity index (χ1n) is 9.25. The number of pyridine rings is 1. The van der Waals surface area contributed by atoms with E-state index in [0.717, 1.165) is 48.7 Å². The number of furan rings is 1. The molecular formula is C20H20N6O2. The standard InChI is InChI=1S/C20H20N6O2/c1-12-16(23-11-22-12)10-26-6-5-15-14(9-26)8-21-13(2)18(15)19-24-20(28-25-19)17-4-3-7-27-17/h3-4,7-8,11H,5-6,9-10H2,1-2H3,(H,22,23). The van der Waals surface area contributed by atoms with Gasteiger partial charge in [0.2, 0.25) is 5.82 Å². The molecule has 4 aromatic heterocycles. The molecule has 1 aliphatic rings. The van der Waals surface area contributed by atoms with Crippen molar-refractivity contribution in [3.05, 3.63) is 59.1 Å². The quantitative estimate of drug-likeness (QED) is 0.584. The third-order valence-electron chi connectivity index (χ3n) is 5.23. The number of aromatic amines is 1. The Morgan fingerprint density at radius 3 is 2.96 bits per heavy atom. The van der Waals surface area contributed by atoms with E-state index in [2.05, 4.69) is 36.9 Å². The van der Waals surface area contributed by atoms with Gasteiger partial charge in [0.05, 0.1) is 18.3 Å². The summed E-state index contributed by atoms with van der Waals surface area (Å²) < 4.78 is 10.8. The second-order valence-corrected chi connectivity index (χ2v) is 7.06. The molecule has 0 saturated carbocycles. The zero-order chi connectivity index (χ0) is 19.1. The second-order valence-electron chi connectivity index (χ2n) is 7.06. The topological polar surface area (TPSA) is 96.9 Å². The van der Waals surface area contributed by atoms with Crippen LogP contribution in [0.4, 0.5) is 0 Å². The minimum absolute atomic E-state index is 0.378. The summed E-state index contributed by atoms with van der Waals surface area (Å²) in [7, 11) is 0. The summed E-state index contributed by atoms with van der Waals surface area (Å²) in [5.41, 5.74) is 6.52. The Balaban J connectivity index is 1.45. The number of aryl methyl sites for hydroxylation is 2. The Morgan fingerprint density at radius 2 is 2.18 bits per heavy atom. The molecule has 0 bridgehead atoms. The summed E-state index contributed by atoms with van der Waals surface area (Å²) in [6, 6.07) is 3.60. The molecule has 0 spiro atoms. The van der Waals surface area contributed by atoms with Gasteiger partial charge in [-0.2, -0.15) is 4.98 Å². The number of imidazole rings is 1. The van der Waals surface area contributed by atoms with E-state index in [1.807, 2.05) is 13.1 Å². The summed E-state index contributed by atoms with van der Waals surface area (Å²) >= 11 is 0. The Labute approximate surface area is 161 Å². The molecule has 0 fully saturated rings. The largest absolute Gasteiger partial charge is 0.459 e. The number of nitrogens with one attached hydrogen (secondary N) is 1. The third-order valence-corrected chi connectivity index (χ3v) is 5.23. The van der Waals surface area contributed by atoms with E-state index in [9.17, 15) is 0 Å². The Morgan fingerprint density at radius 1 is 1.25 bits per heavy atom. The van der Waals surface area contributed by atoms with Crippen molar-refractivity contribution in [2.45, 2.75) is 33.4 Å². The molecule has 4 aromatic rings. The van der Waals surface area contributed by atoms with E-state index in [1.54, 1.807) is 24.7 Å². The van der Waals surface area contributed by atoms with Gasteiger partial charge in [-0.05, 0) is 43.5 Å². The fraction of sp³-hybridized carbons (Fsp3) is 0.300. The molecule has 0 unspecified atom stereocenters. The Hall–Kier alpha value is -3.26. The number of aromatic nitrogens is 5. The van der Waals surface area contributed by atoms with Crippen molar-refractivity contribution in [2.75, 3.05) is 6.54 Å². The molecule has 5 heterocycles. The predicted octanol–water partition coefficient (Wildman–Crippen LogP) is 3.29. The molecule has 0 aromatic carbocycles. The van der Waals surface area contributed by atoms with Crippen molar-refractivity contribution in [3.8, 4) is 23.0 Å². The van der Waals surface area contributed by atoms with Crippen molar-refractivity contribution < 1.29 is 8.94 Å². The minimum Gasteiger partial charge on any atom is -0.459 e. The van der Waals surface area contributed by atoms with E-state index >= 15 is 0 Å². The van der Waals surface area contributed by atoms with E-state index in [1.165, 1.54) is 11.1 Å². The van der Waals surface area contributed by atoms with Crippen molar-refractivity contribution in [1.29, 1.82) is 0 Å². The van der Waals surface area contributed by atoms with Gasteiger partial charge in [-0.1, -0.05) is 5.16 Å². The van der Waals surface area contributed by atoms with Gasteiger partial charge in [-0.3, -0.25) is 9.88 Å². The molecule has 0 atom stereocenters. The highest BCUT2D eigenvalue weighted by Crippen LogP contribution is 2.32. The summed E-state index contributed by atoms with van der Waals surface area (Å²) in [6.45, 7) is 6.63. The maximum atomic E-state index is 5.41. The lowest BCUT2D eigenvalue weighted by Crippen LogP contribution is -2.31. The van der Waals surface area contributed by atoms with Gasteiger partial charge in [0.15, 0.2) is 5.76 Å². The smallest absolute Gasteiger partial charge is 0.293 e. The van der Waals surface area contributed by atoms with Gasteiger partial charge in [0, 0.05) is 42.8 Å². The monoisotopic (exact) mass is 376 g/mol. The van der Waals surface area contributed by atoms with Crippen LogP contribution in [0.2, 0.25) is 0 Å². The molecular weight excluding hydrogens is 356 g/mol. The van der Waals surface area contributed by atoms with Gasteiger partial charge in [-0.15, -0.1) is 0 Å². The second kappa shape index (κ2) is 6.72. The van der Waals surface area contributed by atoms with Crippen LogP contribution >= 0.6 is 0 Å². The Kier molecular flexibility index (Phi) is 4.05. The van der Waals surface area contributed by atoms with Gasteiger partial charge in [0.25, 0.3) is 5.89 Å². The van der Waals surface area contributed by atoms with E-state index in [-0.39, 0.29) is 0 Å². The van der Waals surface area contributed by atoms with Crippen LogP contribution in [0.1, 0.15) is 28.2 Å². The van der Waals surface area contributed by atoms with Crippen LogP contribution in [0.15, 0.2) is 39.9 Å².